The Bertz CT molecular complexity index is 2950. The highest BCUT2D eigenvalue weighted by molar-refractivity contribution is 5.94. The van der Waals surface area contributed by atoms with Gasteiger partial charge < -0.3 is 85.3 Å². The fraction of sp³-hybridized carbons (Fsp3) is 0.140. The molecule has 324 valence electrons. The fourth-order valence-electron chi connectivity index (χ4n) is 7.51. The summed E-state index contributed by atoms with van der Waals surface area (Å²) in [5.41, 5.74) is -2.69. The minimum absolute atomic E-state index is 0.00771. The molecule has 20 nitrogen and oxygen atoms in total. The molecule has 6 aromatic carbocycles. The zero-order valence-electron chi connectivity index (χ0n) is 31.7. The van der Waals surface area contributed by atoms with Gasteiger partial charge in [0.2, 0.25) is 5.43 Å². The van der Waals surface area contributed by atoms with Crippen molar-refractivity contribution in [1.82, 2.24) is 0 Å². The maximum absolute atomic E-state index is 13.7. The van der Waals surface area contributed by atoms with Crippen LogP contribution in [0.1, 0.15) is 55.2 Å². The highest BCUT2D eigenvalue weighted by atomic mass is 16.6. The monoisotopic (exact) mass is 868 g/mol. The molecule has 4 unspecified atom stereocenters. The van der Waals surface area contributed by atoms with Gasteiger partial charge in [-0.25, -0.2) is 9.59 Å². The molecule has 0 radical (unpaired) electrons. The van der Waals surface area contributed by atoms with Crippen LogP contribution in [0.2, 0.25) is 0 Å². The summed E-state index contributed by atoms with van der Waals surface area (Å²) in [7, 11) is 0. The van der Waals surface area contributed by atoms with E-state index in [9.17, 15) is 80.8 Å². The molecule has 0 spiro atoms. The van der Waals surface area contributed by atoms with Crippen molar-refractivity contribution in [3.8, 4) is 86.2 Å². The molecule has 0 aliphatic carbocycles. The number of aromatic hydroxyl groups is 13. The number of fused-ring (bicyclic) bond motifs is 3. The van der Waals surface area contributed by atoms with Gasteiger partial charge in [-0.05, 0) is 47.9 Å². The van der Waals surface area contributed by atoms with Crippen LogP contribution < -0.4 is 14.9 Å². The zero-order chi connectivity index (χ0) is 45.3. The summed E-state index contributed by atoms with van der Waals surface area (Å²) in [4.78, 5) is 40.7. The lowest BCUT2D eigenvalue weighted by atomic mass is 9.91. The predicted octanol–water partition coefficient (Wildman–Crippen LogP) is 4.18. The highest BCUT2D eigenvalue weighted by Gasteiger charge is 2.41. The first-order chi connectivity index (χ1) is 29.8. The quantitative estimate of drug-likeness (QED) is 0.0824. The molecule has 2 aliphatic rings. The topological polar surface area (TPSA) is 351 Å². The van der Waals surface area contributed by atoms with E-state index < -0.39 is 145 Å². The van der Waals surface area contributed by atoms with Crippen LogP contribution in [0.4, 0.5) is 0 Å². The molecule has 0 amide bonds. The van der Waals surface area contributed by atoms with Crippen molar-refractivity contribution in [1.29, 1.82) is 0 Å². The van der Waals surface area contributed by atoms with Crippen molar-refractivity contribution < 1.29 is 94.9 Å². The summed E-state index contributed by atoms with van der Waals surface area (Å²) < 4.78 is 23.6. The number of carbonyl (C=O) groups is 2. The Balaban J connectivity index is 1.27. The number of hydrogen-bond acceptors (Lipinski definition) is 20. The first kappa shape index (κ1) is 40.9. The lowest BCUT2D eigenvalue weighted by Gasteiger charge is -2.34. The van der Waals surface area contributed by atoms with Gasteiger partial charge in [0.05, 0.1) is 16.5 Å². The van der Waals surface area contributed by atoms with Crippen molar-refractivity contribution in [3.05, 3.63) is 110 Å². The molecule has 0 saturated carbocycles. The third-order valence-corrected chi connectivity index (χ3v) is 10.5. The van der Waals surface area contributed by atoms with E-state index in [1.807, 2.05) is 0 Å². The summed E-state index contributed by atoms with van der Waals surface area (Å²) in [6, 6.07) is 10.5. The molecular formula is C43H32O20. The Labute approximate surface area is 351 Å². The van der Waals surface area contributed by atoms with Crippen LogP contribution in [-0.4, -0.2) is 90.5 Å². The van der Waals surface area contributed by atoms with E-state index >= 15 is 0 Å². The molecule has 4 atom stereocenters. The van der Waals surface area contributed by atoms with Gasteiger partial charge in [0.1, 0.15) is 46.7 Å². The van der Waals surface area contributed by atoms with Crippen LogP contribution >= 0.6 is 0 Å². The Hall–Kier alpha value is -8.81. The van der Waals surface area contributed by atoms with Gasteiger partial charge in [-0.1, -0.05) is 0 Å². The van der Waals surface area contributed by atoms with Gasteiger partial charge >= 0.3 is 11.9 Å². The number of ether oxygens (including phenoxy) is 4. The van der Waals surface area contributed by atoms with Gasteiger partial charge in [0.25, 0.3) is 0 Å². The van der Waals surface area contributed by atoms with E-state index in [4.69, 9.17) is 18.9 Å². The molecule has 6 aromatic rings. The van der Waals surface area contributed by atoms with E-state index in [0.717, 1.165) is 60.7 Å². The molecule has 0 fully saturated rings. The largest absolute Gasteiger partial charge is 0.508 e. The number of phenolic OH excluding ortho intramolecular Hbond substituents is 12. The van der Waals surface area contributed by atoms with Crippen molar-refractivity contribution in [2.45, 2.75) is 37.3 Å². The normalized spacial score (nSPS) is 17.7. The number of benzene rings is 5. The van der Waals surface area contributed by atoms with Gasteiger partial charge in [0.15, 0.2) is 64.0 Å². The van der Waals surface area contributed by atoms with E-state index in [-0.39, 0.29) is 40.0 Å². The van der Waals surface area contributed by atoms with Gasteiger partial charge in [-0.2, -0.15) is 0 Å². The lowest BCUT2D eigenvalue weighted by Crippen LogP contribution is -2.35. The average molecular weight is 869 g/mol. The molecule has 2 heterocycles. The second-order valence-corrected chi connectivity index (χ2v) is 14.6. The van der Waals surface area contributed by atoms with Crippen molar-refractivity contribution >= 4 is 22.7 Å². The second-order valence-electron chi connectivity index (χ2n) is 14.6. The third-order valence-electron chi connectivity index (χ3n) is 10.5. The molecule has 0 saturated heterocycles. The zero-order valence-corrected chi connectivity index (χ0v) is 31.7. The summed E-state index contributed by atoms with van der Waals surface area (Å²) in [5, 5.41) is 135. The number of esters is 2. The van der Waals surface area contributed by atoms with Crippen LogP contribution in [0, 0.1) is 0 Å². The predicted molar refractivity (Wildman–Crippen MR) is 210 cm³/mol. The summed E-state index contributed by atoms with van der Waals surface area (Å²) in [6.07, 6.45) is -7.00. The number of rotatable bonds is 6. The average Bonchev–Trinajstić information content (AvgIpc) is 3.34. The van der Waals surface area contributed by atoms with Crippen molar-refractivity contribution in [2.75, 3.05) is 0 Å². The SMILES string of the molecule is O=C(OC1Cc2c(O)cc(O)cc2OC1c1cc(O)c(=O)c2c(O)c(O)c(C3Oc4cc(O)cc(O)c4CC3OC(=O)c3cc(O)c(O)c(O)c3)cc2c1)c1cc(O)c(O)c(O)c1. The van der Waals surface area contributed by atoms with Crippen molar-refractivity contribution in [3.63, 3.8) is 0 Å². The molecule has 2 aliphatic heterocycles. The molecule has 63 heavy (non-hydrogen) atoms. The second kappa shape index (κ2) is 15.0. The molecule has 13 N–H and O–H groups in total. The molecular weight excluding hydrogens is 836 g/mol. The standard InChI is InChI=1S/C43H32O20/c44-18-8-23(46)20-12-32(62-42(58)16-4-25(48)36(54)26(49)5-16)40(60-30(20)10-18)15-1-14-2-22(35(53)39(57)34(14)38(56)29(52)3-15)41-33(13-21-24(47)9-19(45)11-31(21)61-41)63-43(59)17-6-27(50)37(55)28(51)7-17/h1-11,32-33,40-41,44-51,53-55,57H,12-13H2,(H,52,56). The highest BCUT2D eigenvalue weighted by Crippen LogP contribution is 2.49. The maximum atomic E-state index is 13.7. The maximum Gasteiger partial charge on any atom is 0.338 e. The number of hydrogen-bond donors (Lipinski definition) is 13. The molecule has 0 aromatic heterocycles. The van der Waals surface area contributed by atoms with Crippen LogP contribution in [0.25, 0.3) is 10.8 Å². The first-order valence-electron chi connectivity index (χ1n) is 18.4. The Morgan fingerprint density at radius 1 is 0.476 bits per heavy atom. The van der Waals surface area contributed by atoms with Gasteiger partial charge in [-0.15, -0.1) is 0 Å². The molecule has 20 heteroatoms. The van der Waals surface area contributed by atoms with E-state index in [1.165, 1.54) is 6.07 Å². The van der Waals surface area contributed by atoms with Gasteiger partial charge in [0, 0.05) is 59.4 Å². The van der Waals surface area contributed by atoms with Crippen LogP contribution in [0.3, 0.4) is 0 Å². The summed E-state index contributed by atoms with van der Waals surface area (Å²) in [6.45, 7) is 0. The van der Waals surface area contributed by atoms with Crippen LogP contribution in [0.5, 0.6) is 86.2 Å². The van der Waals surface area contributed by atoms with Gasteiger partial charge in [-0.3, -0.25) is 4.79 Å². The summed E-state index contributed by atoms with van der Waals surface area (Å²) in [5.74, 6) is -13.2. The smallest absolute Gasteiger partial charge is 0.338 e. The Morgan fingerprint density at radius 3 is 1.40 bits per heavy atom. The minimum Gasteiger partial charge on any atom is -0.508 e. The van der Waals surface area contributed by atoms with Crippen molar-refractivity contribution in [2.24, 2.45) is 0 Å². The van der Waals surface area contributed by atoms with E-state index in [0.29, 0.717) is 0 Å². The number of carbonyl (C=O) groups excluding carboxylic acids is 2. The first-order valence-corrected chi connectivity index (χ1v) is 18.4. The lowest BCUT2D eigenvalue weighted by molar-refractivity contribution is -0.0195. The summed E-state index contributed by atoms with van der Waals surface area (Å²) >= 11 is 0. The number of phenols is 12. The van der Waals surface area contributed by atoms with Crippen LogP contribution in [-0.2, 0) is 22.3 Å². The Morgan fingerprint density at radius 2 is 0.921 bits per heavy atom. The van der Waals surface area contributed by atoms with E-state index in [2.05, 4.69) is 0 Å². The Kier molecular flexibility index (Phi) is 9.77. The molecule has 0 bridgehead atoms. The third kappa shape index (κ3) is 7.19. The van der Waals surface area contributed by atoms with Crippen LogP contribution in [0.15, 0.2) is 71.5 Å². The fourth-order valence-corrected chi connectivity index (χ4v) is 7.51. The minimum atomic E-state index is -1.66. The molecule has 8 rings (SSSR count). The van der Waals surface area contributed by atoms with E-state index in [1.54, 1.807) is 0 Å².